The van der Waals surface area contributed by atoms with Gasteiger partial charge in [0.15, 0.2) is 0 Å². The number of nitrogens with zero attached hydrogens (tertiary/aromatic N) is 2. The molecule has 0 aliphatic heterocycles. The number of benzene rings is 2. The summed E-state index contributed by atoms with van der Waals surface area (Å²) in [5.41, 5.74) is 4.61. The first-order chi connectivity index (χ1) is 17.4. The van der Waals surface area contributed by atoms with Gasteiger partial charge in [-0.15, -0.1) is 0 Å². The second-order valence-electron chi connectivity index (χ2n) is 10.5. The molecule has 0 bridgehead atoms. The summed E-state index contributed by atoms with van der Waals surface area (Å²) in [4.78, 5) is 28.2. The van der Waals surface area contributed by atoms with E-state index in [1.807, 2.05) is 63.2 Å². The first-order valence-electron chi connectivity index (χ1n) is 13.2. The van der Waals surface area contributed by atoms with E-state index in [4.69, 9.17) is 0 Å². The highest BCUT2D eigenvalue weighted by Crippen LogP contribution is 2.23. The van der Waals surface area contributed by atoms with Gasteiger partial charge in [0.2, 0.25) is 21.8 Å². The molecular formula is C29H41N3O4S. The van der Waals surface area contributed by atoms with Gasteiger partial charge in [-0.2, -0.15) is 0 Å². The predicted molar refractivity (Wildman–Crippen MR) is 149 cm³/mol. The summed E-state index contributed by atoms with van der Waals surface area (Å²) in [5, 5.41) is 3.12. The van der Waals surface area contributed by atoms with Gasteiger partial charge in [0.05, 0.1) is 11.9 Å². The van der Waals surface area contributed by atoms with Gasteiger partial charge in [-0.05, 0) is 75.8 Å². The third-order valence-electron chi connectivity index (χ3n) is 6.95. The fourth-order valence-corrected chi connectivity index (χ4v) is 6.03. The van der Waals surface area contributed by atoms with Crippen molar-refractivity contribution in [3.05, 3.63) is 64.7 Å². The standard InChI is InChI=1S/C29H41N3O4S/c1-21-10-8-11-25(17-21)20-31(24(4)29(34)30-26-12-6-7-13-26)28(33)14-9-15-32(37(5,35)36)27-18-22(2)16-23(3)19-27/h8,10-11,16-19,24,26H,6-7,9,12-15,20H2,1-5H3,(H,30,34). The van der Waals surface area contributed by atoms with Crippen molar-refractivity contribution < 1.29 is 18.0 Å². The maximum absolute atomic E-state index is 13.5. The summed E-state index contributed by atoms with van der Waals surface area (Å²) in [7, 11) is -3.52. The van der Waals surface area contributed by atoms with Crippen LogP contribution in [0.2, 0.25) is 0 Å². The smallest absolute Gasteiger partial charge is 0.242 e. The van der Waals surface area contributed by atoms with Crippen LogP contribution in [0.25, 0.3) is 0 Å². The lowest BCUT2D eigenvalue weighted by Crippen LogP contribution is -2.49. The molecule has 1 atom stereocenters. The molecule has 1 aliphatic carbocycles. The molecule has 1 N–H and O–H groups in total. The average Bonchev–Trinajstić information content (AvgIpc) is 3.31. The minimum Gasteiger partial charge on any atom is -0.352 e. The van der Waals surface area contributed by atoms with E-state index < -0.39 is 16.1 Å². The summed E-state index contributed by atoms with van der Waals surface area (Å²) in [5.74, 6) is -0.301. The predicted octanol–water partition coefficient (Wildman–Crippen LogP) is 4.63. The van der Waals surface area contributed by atoms with Gasteiger partial charge in [0, 0.05) is 25.6 Å². The first-order valence-corrected chi connectivity index (χ1v) is 15.0. The average molecular weight is 528 g/mol. The van der Waals surface area contributed by atoms with Crippen LogP contribution in [0.3, 0.4) is 0 Å². The molecule has 202 valence electrons. The molecule has 1 saturated carbocycles. The first kappa shape index (κ1) is 28.7. The van der Waals surface area contributed by atoms with E-state index in [0.29, 0.717) is 18.7 Å². The molecule has 0 spiro atoms. The van der Waals surface area contributed by atoms with Crippen molar-refractivity contribution in [1.29, 1.82) is 0 Å². The third kappa shape index (κ3) is 8.32. The number of rotatable bonds is 11. The molecule has 2 amide bonds. The van der Waals surface area contributed by atoms with Crippen molar-refractivity contribution in [1.82, 2.24) is 10.2 Å². The van der Waals surface area contributed by atoms with Gasteiger partial charge in [-0.25, -0.2) is 8.42 Å². The van der Waals surface area contributed by atoms with E-state index in [1.165, 1.54) is 10.6 Å². The van der Waals surface area contributed by atoms with Gasteiger partial charge in [-0.1, -0.05) is 48.7 Å². The van der Waals surface area contributed by atoms with Crippen molar-refractivity contribution in [2.75, 3.05) is 17.1 Å². The minimum atomic E-state index is -3.52. The van der Waals surface area contributed by atoms with Crippen LogP contribution < -0.4 is 9.62 Å². The second kappa shape index (κ2) is 12.6. The van der Waals surface area contributed by atoms with Gasteiger partial charge in [0.25, 0.3) is 0 Å². The maximum atomic E-state index is 13.5. The summed E-state index contributed by atoms with van der Waals surface area (Å²) in [6, 6.07) is 13.2. The van der Waals surface area contributed by atoms with Crippen molar-refractivity contribution in [2.24, 2.45) is 0 Å². The normalized spacial score (nSPS) is 14.8. The lowest BCUT2D eigenvalue weighted by molar-refractivity contribution is -0.141. The van der Waals surface area contributed by atoms with E-state index in [-0.39, 0.29) is 30.8 Å². The Morgan fingerprint density at radius 3 is 2.24 bits per heavy atom. The zero-order valence-electron chi connectivity index (χ0n) is 22.8. The highest BCUT2D eigenvalue weighted by atomic mass is 32.2. The Kier molecular flexibility index (Phi) is 9.76. The maximum Gasteiger partial charge on any atom is 0.242 e. The summed E-state index contributed by atoms with van der Waals surface area (Å²) in [6.45, 7) is 8.15. The van der Waals surface area contributed by atoms with Crippen molar-refractivity contribution >= 4 is 27.5 Å². The Morgan fingerprint density at radius 1 is 1.00 bits per heavy atom. The second-order valence-corrected chi connectivity index (χ2v) is 12.4. The highest BCUT2D eigenvalue weighted by Gasteiger charge is 2.28. The number of hydrogen-bond acceptors (Lipinski definition) is 4. The van der Waals surface area contributed by atoms with Crippen LogP contribution >= 0.6 is 0 Å². The number of aryl methyl sites for hydroxylation is 3. The highest BCUT2D eigenvalue weighted by molar-refractivity contribution is 7.92. The Balaban J connectivity index is 1.73. The number of anilines is 1. The topological polar surface area (TPSA) is 86.8 Å². The molecule has 0 aromatic heterocycles. The molecule has 1 fully saturated rings. The van der Waals surface area contributed by atoms with Crippen molar-refractivity contribution in [3.8, 4) is 0 Å². The molecule has 3 rings (SSSR count). The number of sulfonamides is 1. The lowest BCUT2D eigenvalue weighted by Gasteiger charge is -2.30. The molecule has 0 saturated heterocycles. The number of carbonyl (C=O) groups excluding carboxylic acids is 2. The van der Waals surface area contributed by atoms with Crippen LogP contribution in [0.15, 0.2) is 42.5 Å². The number of hydrogen-bond donors (Lipinski definition) is 1. The molecule has 7 nitrogen and oxygen atoms in total. The molecule has 0 radical (unpaired) electrons. The Bertz CT molecular complexity index is 1190. The fourth-order valence-electron chi connectivity index (χ4n) is 5.08. The zero-order valence-corrected chi connectivity index (χ0v) is 23.6. The molecule has 1 aliphatic rings. The molecule has 8 heteroatoms. The molecular weight excluding hydrogens is 486 g/mol. The molecule has 2 aromatic rings. The minimum absolute atomic E-state index is 0.138. The summed E-state index contributed by atoms with van der Waals surface area (Å²) < 4.78 is 26.5. The number of carbonyl (C=O) groups is 2. The van der Waals surface area contributed by atoms with Gasteiger partial charge in [0.1, 0.15) is 6.04 Å². The van der Waals surface area contributed by atoms with Crippen molar-refractivity contribution in [3.63, 3.8) is 0 Å². The Labute approximate surface area is 222 Å². The van der Waals surface area contributed by atoms with Crippen LogP contribution in [-0.2, 0) is 26.2 Å². The molecule has 1 unspecified atom stereocenters. The Morgan fingerprint density at radius 2 is 1.65 bits per heavy atom. The lowest BCUT2D eigenvalue weighted by atomic mass is 10.1. The largest absolute Gasteiger partial charge is 0.352 e. The van der Waals surface area contributed by atoms with Crippen LogP contribution in [0, 0.1) is 20.8 Å². The zero-order chi connectivity index (χ0) is 27.2. The quantitative estimate of drug-likeness (QED) is 0.461. The monoisotopic (exact) mass is 527 g/mol. The van der Waals surface area contributed by atoms with Crippen LogP contribution in [0.1, 0.15) is 67.7 Å². The van der Waals surface area contributed by atoms with Crippen LogP contribution in [0.4, 0.5) is 5.69 Å². The van der Waals surface area contributed by atoms with Crippen LogP contribution in [0.5, 0.6) is 0 Å². The summed E-state index contributed by atoms with van der Waals surface area (Å²) >= 11 is 0. The molecule has 2 aromatic carbocycles. The number of nitrogens with one attached hydrogen (secondary N) is 1. The number of amides is 2. The van der Waals surface area contributed by atoms with E-state index in [2.05, 4.69) is 5.32 Å². The molecule has 0 heterocycles. The van der Waals surface area contributed by atoms with Gasteiger partial charge >= 0.3 is 0 Å². The Hall–Kier alpha value is -2.87. The SMILES string of the molecule is Cc1cccc(CN(C(=O)CCCN(c2cc(C)cc(C)c2)S(C)(=O)=O)C(C)C(=O)NC2CCCC2)c1. The molecule has 37 heavy (non-hydrogen) atoms. The summed E-state index contributed by atoms with van der Waals surface area (Å²) in [6.07, 6.45) is 5.86. The van der Waals surface area contributed by atoms with E-state index >= 15 is 0 Å². The third-order valence-corrected chi connectivity index (χ3v) is 8.14. The van der Waals surface area contributed by atoms with E-state index in [9.17, 15) is 18.0 Å². The van der Waals surface area contributed by atoms with E-state index in [1.54, 1.807) is 11.8 Å². The van der Waals surface area contributed by atoms with E-state index in [0.717, 1.165) is 47.9 Å². The van der Waals surface area contributed by atoms with Crippen molar-refractivity contribution in [2.45, 2.75) is 84.8 Å². The van der Waals surface area contributed by atoms with Gasteiger partial charge in [-0.3, -0.25) is 13.9 Å². The fraction of sp³-hybridized carbons (Fsp3) is 0.517. The van der Waals surface area contributed by atoms with Gasteiger partial charge < -0.3 is 10.2 Å². The van der Waals surface area contributed by atoms with Crippen LogP contribution in [-0.4, -0.2) is 50.0 Å².